The van der Waals surface area contributed by atoms with Crippen molar-refractivity contribution in [2.45, 2.75) is 20.0 Å². The number of methoxy groups -OCH3 is 4. The Kier molecular flexibility index (Phi) is 6.32. The van der Waals surface area contributed by atoms with Gasteiger partial charge in [0.1, 0.15) is 5.75 Å². The van der Waals surface area contributed by atoms with Crippen molar-refractivity contribution in [3.8, 4) is 23.0 Å². The normalized spacial score (nSPS) is 10.4. The Labute approximate surface area is 143 Å². The van der Waals surface area contributed by atoms with Crippen molar-refractivity contribution in [2.24, 2.45) is 0 Å². The Balaban J connectivity index is 2.11. The Hall–Kier alpha value is -2.40. The van der Waals surface area contributed by atoms with Crippen molar-refractivity contribution < 1.29 is 18.9 Å². The van der Waals surface area contributed by atoms with Gasteiger partial charge >= 0.3 is 0 Å². The topological polar surface area (TPSA) is 49.0 Å². The van der Waals surface area contributed by atoms with E-state index >= 15 is 0 Å². The van der Waals surface area contributed by atoms with E-state index in [9.17, 15) is 0 Å². The summed E-state index contributed by atoms with van der Waals surface area (Å²) in [7, 11) is 6.52. The third-order valence-corrected chi connectivity index (χ3v) is 3.80. The van der Waals surface area contributed by atoms with Gasteiger partial charge in [-0.05, 0) is 30.7 Å². The van der Waals surface area contributed by atoms with Crippen molar-refractivity contribution in [1.82, 2.24) is 5.32 Å². The van der Waals surface area contributed by atoms with Gasteiger partial charge in [-0.25, -0.2) is 0 Å². The first-order valence-electron chi connectivity index (χ1n) is 7.76. The van der Waals surface area contributed by atoms with E-state index in [-0.39, 0.29) is 0 Å². The van der Waals surface area contributed by atoms with Crippen LogP contribution in [0.1, 0.15) is 16.7 Å². The van der Waals surface area contributed by atoms with Crippen molar-refractivity contribution >= 4 is 0 Å². The van der Waals surface area contributed by atoms with Crippen LogP contribution in [0, 0.1) is 6.92 Å². The first-order valence-corrected chi connectivity index (χ1v) is 7.76. The maximum Gasteiger partial charge on any atom is 0.203 e. The van der Waals surface area contributed by atoms with E-state index in [1.165, 1.54) is 5.56 Å². The van der Waals surface area contributed by atoms with Gasteiger partial charge in [-0.1, -0.05) is 17.7 Å². The van der Waals surface area contributed by atoms with Crippen LogP contribution in [0.25, 0.3) is 0 Å². The zero-order chi connectivity index (χ0) is 17.5. The maximum atomic E-state index is 5.41. The molecule has 0 unspecified atom stereocenters. The average Bonchev–Trinajstić information content (AvgIpc) is 2.61. The summed E-state index contributed by atoms with van der Waals surface area (Å²) in [4.78, 5) is 0. The summed E-state index contributed by atoms with van der Waals surface area (Å²) in [6, 6.07) is 10.1. The highest BCUT2D eigenvalue weighted by Gasteiger charge is 2.13. The van der Waals surface area contributed by atoms with Gasteiger partial charge in [-0.15, -0.1) is 0 Å². The quantitative estimate of drug-likeness (QED) is 0.804. The molecule has 2 aromatic rings. The molecule has 0 fully saturated rings. The molecule has 0 saturated heterocycles. The fourth-order valence-electron chi connectivity index (χ4n) is 2.62. The van der Waals surface area contributed by atoms with Gasteiger partial charge < -0.3 is 24.3 Å². The molecular weight excluding hydrogens is 306 g/mol. The van der Waals surface area contributed by atoms with Gasteiger partial charge in [0.25, 0.3) is 0 Å². The van der Waals surface area contributed by atoms with Crippen LogP contribution in [0.15, 0.2) is 30.3 Å². The van der Waals surface area contributed by atoms with Crippen molar-refractivity contribution in [1.29, 1.82) is 0 Å². The third-order valence-electron chi connectivity index (χ3n) is 3.80. The van der Waals surface area contributed by atoms with E-state index in [1.54, 1.807) is 28.4 Å². The molecule has 5 nitrogen and oxygen atoms in total. The molecule has 0 aliphatic rings. The highest BCUT2D eigenvalue weighted by molar-refractivity contribution is 5.53. The monoisotopic (exact) mass is 331 g/mol. The standard InChI is InChI=1S/C19H25NO4/c1-13-6-7-16(21-2)15(8-13)12-20-11-14-9-17(22-3)19(24-5)18(10-14)23-4/h6-10,20H,11-12H2,1-5H3. The van der Waals surface area contributed by atoms with Crippen LogP contribution in [0.5, 0.6) is 23.0 Å². The Bertz CT molecular complexity index is 660. The molecule has 2 aromatic carbocycles. The molecule has 0 radical (unpaired) electrons. The smallest absolute Gasteiger partial charge is 0.203 e. The highest BCUT2D eigenvalue weighted by Crippen LogP contribution is 2.38. The number of nitrogens with one attached hydrogen (secondary N) is 1. The summed E-state index contributed by atoms with van der Waals surface area (Å²) in [5.41, 5.74) is 3.39. The lowest BCUT2D eigenvalue weighted by Gasteiger charge is -2.15. The van der Waals surface area contributed by atoms with E-state index in [2.05, 4.69) is 18.3 Å². The highest BCUT2D eigenvalue weighted by atomic mass is 16.5. The van der Waals surface area contributed by atoms with Crippen LogP contribution in [-0.4, -0.2) is 28.4 Å². The Morgan fingerprint density at radius 2 is 1.38 bits per heavy atom. The molecule has 0 heterocycles. The summed E-state index contributed by atoms with van der Waals surface area (Å²) in [6.45, 7) is 3.46. The fraction of sp³-hybridized carbons (Fsp3) is 0.368. The molecule has 0 spiro atoms. The minimum Gasteiger partial charge on any atom is -0.496 e. The van der Waals surface area contributed by atoms with Crippen LogP contribution in [0.4, 0.5) is 0 Å². The molecule has 0 saturated carbocycles. The minimum absolute atomic E-state index is 0.601. The zero-order valence-electron chi connectivity index (χ0n) is 14.9. The lowest BCUT2D eigenvalue weighted by molar-refractivity contribution is 0.323. The van der Waals surface area contributed by atoms with Gasteiger partial charge in [-0.2, -0.15) is 0 Å². The van der Waals surface area contributed by atoms with E-state index in [1.807, 2.05) is 24.3 Å². The first kappa shape index (κ1) is 17.9. The van der Waals surface area contributed by atoms with E-state index in [0.29, 0.717) is 30.3 Å². The summed E-state index contributed by atoms with van der Waals surface area (Å²) < 4.78 is 21.5. The van der Waals surface area contributed by atoms with Crippen LogP contribution in [-0.2, 0) is 13.1 Å². The molecule has 0 atom stereocenters. The predicted molar refractivity (Wildman–Crippen MR) is 94.4 cm³/mol. The molecule has 5 heteroatoms. The molecule has 1 N–H and O–H groups in total. The van der Waals surface area contributed by atoms with Gasteiger partial charge in [0.05, 0.1) is 28.4 Å². The molecule has 0 amide bonds. The number of rotatable bonds is 8. The van der Waals surface area contributed by atoms with Crippen molar-refractivity contribution in [3.63, 3.8) is 0 Å². The maximum absolute atomic E-state index is 5.41. The third kappa shape index (κ3) is 4.11. The Morgan fingerprint density at radius 1 is 0.750 bits per heavy atom. The van der Waals surface area contributed by atoms with Crippen LogP contribution < -0.4 is 24.3 Å². The predicted octanol–water partition coefficient (Wildman–Crippen LogP) is 3.32. The molecule has 130 valence electrons. The summed E-state index contributed by atoms with van der Waals surface area (Å²) in [6.07, 6.45) is 0. The largest absolute Gasteiger partial charge is 0.496 e. The number of ether oxygens (including phenoxy) is 4. The summed E-state index contributed by atoms with van der Waals surface area (Å²) in [5.74, 6) is 2.80. The van der Waals surface area contributed by atoms with Crippen molar-refractivity contribution in [3.05, 3.63) is 47.0 Å². The molecular formula is C19H25NO4. The van der Waals surface area contributed by atoms with Crippen LogP contribution >= 0.6 is 0 Å². The van der Waals surface area contributed by atoms with Crippen LogP contribution in [0.2, 0.25) is 0 Å². The molecule has 0 aliphatic carbocycles. The average molecular weight is 331 g/mol. The van der Waals surface area contributed by atoms with E-state index in [4.69, 9.17) is 18.9 Å². The van der Waals surface area contributed by atoms with E-state index in [0.717, 1.165) is 16.9 Å². The van der Waals surface area contributed by atoms with Gasteiger partial charge in [0.2, 0.25) is 5.75 Å². The minimum atomic E-state index is 0.601. The fourth-order valence-corrected chi connectivity index (χ4v) is 2.62. The number of hydrogen-bond acceptors (Lipinski definition) is 5. The second kappa shape index (κ2) is 8.45. The summed E-state index contributed by atoms with van der Waals surface area (Å²) >= 11 is 0. The van der Waals surface area contributed by atoms with Crippen LogP contribution in [0.3, 0.4) is 0 Å². The second-order valence-corrected chi connectivity index (χ2v) is 5.45. The number of hydrogen-bond donors (Lipinski definition) is 1. The molecule has 24 heavy (non-hydrogen) atoms. The molecule has 0 aromatic heterocycles. The number of aryl methyl sites for hydroxylation is 1. The zero-order valence-corrected chi connectivity index (χ0v) is 14.9. The van der Waals surface area contributed by atoms with Crippen molar-refractivity contribution in [2.75, 3.05) is 28.4 Å². The Morgan fingerprint density at radius 3 is 1.92 bits per heavy atom. The molecule has 2 rings (SSSR count). The lowest BCUT2D eigenvalue weighted by Crippen LogP contribution is -2.14. The molecule has 0 bridgehead atoms. The lowest BCUT2D eigenvalue weighted by atomic mass is 10.1. The SMILES string of the molecule is COc1ccc(C)cc1CNCc1cc(OC)c(OC)c(OC)c1. The van der Waals surface area contributed by atoms with Gasteiger partial charge in [0.15, 0.2) is 11.5 Å². The van der Waals surface area contributed by atoms with Gasteiger partial charge in [0, 0.05) is 18.7 Å². The first-order chi connectivity index (χ1) is 11.6. The summed E-state index contributed by atoms with van der Waals surface area (Å²) in [5, 5.41) is 3.43. The molecule has 0 aliphatic heterocycles. The second-order valence-electron chi connectivity index (χ2n) is 5.45. The van der Waals surface area contributed by atoms with Gasteiger partial charge in [-0.3, -0.25) is 0 Å². The number of benzene rings is 2. The van der Waals surface area contributed by atoms with E-state index < -0.39 is 0 Å².